The van der Waals surface area contributed by atoms with Crippen molar-refractivity contribution in [1.29, 1.82) is 0 Å². The summed E-state index contributed by atoms with van der Waals surface area (Å²) in [5, 5.41) is 14.7. The first-order valence-electron chi connectivity index (χ1n) is 8.16. The van der Waals surface area contributed by atoms with E-state index in [9.17, 15) is 9.59 Å². The van der Waals surface area contributed by atoms with Crippen molar-refractivity contribution in [1.82, 2.24) is 15.2 Å². The molecule has 0 radical (unpaired) electrons. The number of nitrogens with zero attached hydrogens (tertiary/aromatic N) is 2. The number of hydrogen-bond donors (Lipinski definition) is 3. The lowest BCUT2D eigenvalue weighted by molar-refractivity contribution is -0.119. The average molecular weight is 369 g/mol. The fourth-order valence-corrected chi connectivity index (χ4v) is 2.96. The number of anilines is 2. The third kappa shape index (κ3) is 4.54. The predicted molar refractivity (Wildman–Crippen MR) is 102 cm³/mol. The number of thiazole rings is 1. The highest BCUT2D eigenvalue weighted by Gasteiger charge is 2.12. The molecule has 0 aliphatic rings. The van der Waals surface area contributed by atoms with Crippen LogP contribution in [0.1, 0.15) is 19.5 Å². The van der Waals surface area contributed by atoms with Gasteiger partial charge in [-0.3, -0.25) is 14.7 Å². The Hall–Kier alpha value is -3.00. The number of H-pyrrole nitrogens is 1. The molecule has 7 nitrogen and oxygen atoms in total. The van der Waals surface area contributed by atoms with E-state index in [-0.39, 0.29) is 24.2 Å². The van der Waals surface area contributed by atoms with Crippen LogP contribution in [0.25, 0.3) is 11.3 Å². The van der Waals surface area contributed by atoms with Crippen LogP contribution >= 0.6 is 11.3 Å². The minimum atomic E-state index is -0.168. The van der Waals surface area contributed by atoms with Crippen LogP contribution < -0.4 is 10.6 Å². The summed E-state index contributed by atoms with van der Waals surface area (Å²) in [6.07, 6.45) is 1.82. The van der Waals surface area contributed by atoms with E-state index in [0.717, 1.165) is 11.3 Å². The molecule has 3 rings (SSSR count). The Balaban J connectivity index is 1.60. The maximum atomic E-state index is 12.3. The highest BCUT2D eigenvalue weighted by Crippen LogP contribution is 2.21. The molecular weight excluding hydrogens is 350 g/mol. The van der Waals surface area contributed by atoms with Crippen LogP contribution in [0.15, 0.2) is 41.9 Å². The average Bonchev–Trinajstić information content (AvgIpc) is 3.27. The third-order valence-corrected chi connectivity index (χ3v) is 4.41. The van der Waals surface area contributed by atoms with E-state index in [4.69, 9.17) is 0 Å². The molecule has 2 amide bonds. The number of aromatic nitrogens is 3. The van der Waals surface area contributed by atoms with Crippen molar-refractivity contribution in [3.63, 3.8) is 0 Å². The molecule has 0 atom stereocenters. The first-order valence-corrected chi connectivity index (χ1v) is 9.04. The van der Waals surface area contributed by atoms with Crippen molar-refractivity contribution in [3.8, 4) is 11.3 Å². The first kappa shape index (κ1) is 17.8. The Bertz CT molecular complexity index is 902. The molecule has 0 aliphatic heterocycles. The van der Waals surface area contributed by atoms with Crippen molar-refractivity contribution in [3.05, 3.63) is 47.6 Å². The fourth-order valence-electron chi connectivity index (χ4n) is 2.25. The summed E-state index contributed by atoms with van der Waals surface area (Å²) in [5.74, 6) is -0.377. The summed E-state index contributed by atoms with van der Waals surface area (Å²) in [7, 11) is 0. The lowest BCUT2D eigenvalue weighted by Gasteiger charge is -2.06. The topological polar surface area (TPSA) is 99.8 Å². The van der Waals surface area contributed by atoms with Gasteiger partial charge < -0.3 is 10.6 Å². The monoisotopic (exact) mass is 369 g/mol. The predicted octanol–water partition coefficient (Wildman–Crippen LogP) is 3.31. The minimum absolute atomic E-state index is 0.0917. The molecule has 2 heterocycles. The zero-order chi connectivity index (χ0) is 18.5. The van der Waals surface area contributed by atoms with Gasteiger partial charge in [-0.05, 0) is 18.2 Å². The van der Waals surface area contributed by atoms with Gasteiger partial charge in [-0.15, -0.1) is 11.3 Å². The molecule has 0 fully saturated rings. The van der Waals surface area contributed by atoms with Crippen LogP contribution in [0.3, 0.4) is 0 Å². The lowest BCUT2D eigenvalue weighted by atomic mass is 10.1. The number of rotatable bonds is 6. The van der Waals surface area contributed by atoms with Crippen LogP contribution in [0, 0.1) is 5.92 Å². The van der Waals surface area contributed by atoms with Crippen LogP contribution in [0.4, 0.5) is 10.8 Å². The second-order valence-corrected chi connectivity index (χ2v) is 6.92. The Labute approximate surface area is 154 Å². The summed E-state index contributed by atoms with van der Waals surface area (Å²) in [6.45, 7) is 3.63. The van der Waals surface area contributed by atoms with E-state index in [1.807, 2.05) is 44.2 Å². The second kappa shape index (κ2) is 7.92. The van der Waals surface area contributed by atoms with Gasteiger partial charge in [0.2, 0.25) is 11.8 Å². The molecule has 0 saturated heterocycles. The Morgan fingerprint density at radius 1 is 1.23 bits per heavy atom. The van der Waals surface area contributed by atoms with E-state index < -0.39 is 0 Å². The van der Waals surface area contributed by atoms with Crippen molar-refractivity contribution in [2.75, 3.05) is 10.6 Å². The summed E-state index contributed by atoms with van der Waals surface area (Å²) in [6, 6.07) is 9.37. The highest BCUT2D eigenvalue weighted by molar-refractivity contribution is 7.13. The summed E-state index contributed by atoms with van der Waals surface area (Å²) >= 11 is 1.31. The number of hydrogen-bond acceptors (Lipinski definition) is 5. The zero-order valence-corrected chi connectivity index (χ0v) is 15.3. The summed E-state index contributed by atoms with van der Waals surface area (Å²) in [5.41, 5.74) is 3.14. The lowest BCUT2D eigenvalue weighted by Crippen LogP contribution is -2.18. The third-order valence-electron chi connectivity index (χ3n) is 3.61. The largest absolute Gasteiger partial charge is 0.326 e. The van der Waals surface area contributed by atoms with Gasteiger partial charge in [0.05, 0.1) is 17.8 Å². The Morgan fingerprint density at radius 3 is 2.81 bits per heavy atom. The van der Waals surface area contributed by atoms with E-state index in [1.165, 1.54) is 11.3 Å². The van der Waals surface area contributed by atoms with Gasteiger partial charge in [-0.2, -0.15) is 5.10 Å². The number of amides is 2. The van der Waals surface area contributed by atoms with E-state index in [1.54, 1.807) is 11.6 Å². The van der Waals surface area contributed by atoms with Crippen LogP contribution in [0.2, 0.25) is 0 Å². The molecule has 2 aromatic heterocycles. The quantitative estimate of drug-likeness (QED) is 0.620. The standard InChI is InChI=1S/C18H19N5O2S/c1-11(2)17(25)22-18-21-14(10-26-18)9-16(24)20-13-5-3-4-12(8-13)15-6-7-19-23-15/h3-8,10-11H,9H2,1-2H3,(H,19,23)(H,20,24)(H,21,22,25). The van der Waals surface area contributed by atoms with E-state index >= 15 is 0 Å². The molecule has 0 saturated carbocycles. The molecule has 0 aliphatic carbocycles. The SMILES string of the molecule is CC(C)C(=O)Nc1nc(CC(=O)Nc2cccc(-c3ccn[nH]3)c2)cs1. The van der Waals surface area contributed by atoms with Gasteiger partial charge in [0, 0.05) is 28.7 Å². The minimum Gasteiger partial charge on any atom is -0.326 e. The highest BCUT2D eigenvalue weighted by atomic mass is 32.1. The van der Waals surface area contributed by atoms with E-state index in [2.05, 4.69) is 25.8 Å². The van der Waals surface area contributed by atoms with Gasteiger partial charge in [-0.1, -0.05) is 26.0 Å². The number of carbonyl (C=O) groups is 2. The van der Waals surface area contributed by atoms with Crippen molar-refractivity contribution in [2.24, 2.45) is 5.92 Å². The van der Waals surface area contributed by atoms with Crippen molar-refractivity contribution >= 4 is 34.0 Å². The Kier molecular flexibility index (Phi) is 5.43. The fraction of sp³-hybridized carbons (Fsp3) is 0.222. The molecule has 0 spiro atoms. The zero-order valence-electron chi connectivity index (χ0n) is 14.4. The first-order chi connectivity index (χ1) is 12.5. The molecule has 0 unspecified atom stereocenters. The van der Waals surface area contributed by atoms with Gasteiger partial charge in [0.25, 0.3) is 0 Å². The number of carbonyl (C=O) groups excluding carboxylic acids is 2. The number of benzene rings is 1. The molecule has 8 heteroatoms. The van der Waals surface area contributed by atoms with E-state index in [0.29, 0.717) is 16.5 Å². The van der Waals surface area contributed by atoms with Crippen molar-refractivity contribution in [2.45, 2.75) is 20.3 Å². The molecular formula is C18H19N5O2S. The molecule has 1 aromatic carbocycles. The number of aromatic amines is 1. The van der Waals surface area contributed by atoms with Gasteiger partial charge in [0.15, 0.2) is 5.13 Å². The molecule has 134 valence electrons. The maximum absolute atomic E-state index is 12.3. The molecule has 26 heavy (non-hydrogen) atoms. The smallest absolute Gasteiger partial charge is 0.230 e. The number of nitrogens with one attached hydrogen (secondary N) is 3. The van der Waals surface area contributed by atoms with Crippen molar-refractivity contribution < 1.29 is 9.59 Å². The summed E-state index contributed by atoms with van der Waals surface area (Å²) < 4.78 is 0. The van der Waals surface area contributed by atoms with Gasteiger partial charge >= 0.3 is 0 Å². The van der Waals surface area contributed by atoms with Crippen LogP contribution in [0.5, 0.6) is 0 Å². The second-order valence-electron chi connectivity index (χ2n) is 6.06. The molecule has 3 N–H and O–H groups in total. The maximum Gasteiger partial charge on any atom is 0.230 e. The van der Waals surface area contributed by atoms with Crippen LogP contribution in [-0.4, -0.2) is 27.0 Å². The Morgan fingerprint density at radius 2 is 2.08 bits per heavy atom. The van der Waals surface area contributed by atoms with Crippen LogP contribution in [-0.2, 0) is 16.0 Å². The molecule has 0 bridgehead atoms. The van der Waals surface area contributed by atoms with Gasteiger partial charge in [0.1, 0.15) is 0 Å². The molecule has 3 aromatic rings. The van der Waals surface area contributed by atoms with Gasteiger partial charge in [-0.25, -0.2) is 4.98 Å². The normalized spacial score (nSPS) is 10.7. The summed E-state index contributed by atoms with van der Waals surface area (Å²) in [4.78, 5) is 28.2.